The topological polar surface area (TPSA) is 12.9 Å². The average Bonchev–Trinajstić information content (AvgIpc) is 2.74. The summed E-state index contributed by atoms with van der Waals surface area (Å²) in [5, 5.41) is 0. The molecule has 0 saturated carbocycles. The summed E-state index contributed by atoms with van der Waals surface area (Å²) < 4.78 is 1.45. The minimum atomic E-state index is -2.05. The van der Waals surface area contributed by atoms with Crippen molar-refractivity contribution in [2.75, 3.05) is 0 Å². The molecule has 3 aromatic carbocycles. The van der Waals surface area contributed by atoms with Gasteiger partial charge in [0.1, 0.15) is 0 Å². The van der Waals surface area contributed by atoms with Gasteiger partial charge in [0.15, 0.2) is 0 Å². The first-order valence-corrected chi connectivity index (χ1v) is 17.1. The van der Waals surface area contributed by atoms with Gasteiger partial charge in [0.25, 0.3) is 0 Å². The predicted molar refractivity (Wildman–Crippen MR) is 124 cm³/mol. The molecule has 0 aliphatic rings. The SMILES string of the molecule is [CH3][Ge]([CH3])([CH3])[c]1cnc(-c2cccc(-c3ccccc3)c2)cc1-c1ccccc1. The summed E-state index contributed by atoms with van der Waals surface area (Å²) in [6.07, 6.45) is 2.13. The van der Waals surface area contributed by atoms with Gasteiger partial charge in [0.2, 0.25) is 0 Å². The van der Waals surface area contributed by atoms with E-state index in [4.69, 9.17) is 4.98 Å². The van der Waals surface area contributed by atoms with E-state index in [1.54, 1.807) is 0 Å². The van der Waals surface area contributed by atoms with E-state index in [2.05, 4.69) is 114 Å². The number of pyridine rings is 1. The standard InChI is InChI=1S/C26H25GeN/c1-27(2,3)25-19-28-26(18-24(25)21-13-8-5-9-14-21)23-16-10-15-22(17-23)20-11-6-4-7-12-20/h4-19H,1-3H3. The van der Waals surface area contributed by atoms with Crippen LogP contribution in [0.25, 0.3) is 33.5 Å². The molecule has 0 amide bonds. The molecule has 4 aromatic rings. The molecule has 1 aromatic heterocycles. The summed E-state index contributed by atoms with van der Waals surface area (Å²) in [6, 6.07) is 32.2. The van der Waals surface area contributed by atoms with Crippen LogP contribution in [-0.2, 0) is 0 Å². The Morgan fingerprint density at radius 1 is 0.571 bits per heavy atom. The van der Waals surface area contributed by atoms with E-state index < -0.39 is 13.3 Å². The van der Waals surface area contributed by atoms with Crippen molar-refractivity contribution >= 4 is 17.7 Å². The molecule has 0 unspecified atom stereocenters. The molecule has 1 nitrogen and oxygen atoms in total. The number of nitrogens with zero attached hydrogens (tertiary/aromatic N) is 1. The van der Waals surface area contributed by atoms with E-state index in [0.29, 0.717) is 0 Å². The van der Waals surface area contributed by atoms with Gasteiger partial charge in [-0.15, -0.1) is 0 Å². The molecule has 0 saturated heterocycles. The van der Waals surface area contributed by atoms with E-state index >= 15 is 0 Å². The first-order chi connectivity index (χ1) is 13.5. The molecule has 0 aliphatic heterocycles. The second-order valence-corrected chi connectivity index (χ2v) is 18.7. The van der Waals surface area contributed by atoms with Crippen LogP contribution in [0.5, 0.6) is 0 Å². The number of rotatable bonds is 4. The number of hydrogen-bond acceptors (Lipinski definition) is 1. The Kier molecular flexibility index (Phi) is 5.19. The Bertz CT molecular complexity index is 1080. The van der Waals surface area contributed by atoms with Gasteiger partial charge in [-0.3, -0.25) is 0 Å². The van der Waals surface area contributed by atoms with Crippen molar-refractivity contribution in [3.63, 3.8) is 0 Å². The molecule has 28 heavy (non-hydrogen) atoms. The normalized spacial score (nSPS) is 11.4. The van der Waals surface area contributed by atoms with Gasteiger partial charge in [-0.05, 0) is 0 Å². The van der Waals surface area contributed by atoms with Gasteiger partial charge in [0, 0.05) is 0 Å². The first-order valence-electron chi connectivity index (χ1n) is 9.74. The molecular formula is C26H25GeN. The maximum absolute atomic E-state index is 4.88. The van der Waals surface area contributed by atoms with Crippen molar-refractivity contribution in [1.29, 1.82) is 0 Å². The van der Waals surface area contributed by atoms with Crippen LogP contribution in [0.4, 0.5) is 0 Å². The summed E-state index contributed by atoms with van der Waals surface area (Å²) >= 11 is -2.05. The molecule has 0 N–H and O–H groups in total. The second-order valence-electron chi connectivity index (χ2n) is 8.18. The zero-order valence-corrected chi connectivity index (χ0v) is 18.8. The van der Waals surface area contributed by atoms with Crippen LogP contribution >= 0.6 is 0 Å². The van der Waals surface area contributed by atoms with E-state index in [9.17, 15) is 0 Å². The third kappa shape index (κ3) is 3.95. The molecule has 2 heteroatoms. The fourth-order valence-corrected chi connectivity index (χ4v) is 6.65. The van der Waals surface area contributed by atoms with E-state index in [-0.39, 0.29) is 0 Å². The summed E-state index contributed by atoms with van der Waals surface area (Å²) in [7, 11) is 0. The van der Waals surface area contributed by atoms with Crippen LogP contribution in [0.3, 0.4) is 0 Å². The molecule has 0 atom stereocenters. The van der Waals surface area contributed by atoms with Crippen LogP contribution in [-0.4, -0.2) is 18.3 Å². The zero-order chi connectivity index (χ0) is 19.6. The van der Waals surface area contributed by atoms with Gasteiger partial charge in [0.05, 0.1) is 0 Å². The summed E-state index contributed by atoms with van der Waals surface area (Å²) in [6.45, 7) is 0. The molecule has 0 radical (unpaired) electrons. The Hall–Kier alpha value is -2.65. The van der Waals surface area contributed by atoms with Crippen LogP contribution in [0.1, 0.15) is 0 Å². The van der Waals surface area contributed by atoms with Gasteiger partial charge in [-0.2, -0.15) is 0 Å². The van der Waals surface area contributed by atoms with Crippen LogP contribution in [0, 0.1) is 0 Å². The van der Waals surface area contributed by atoms with Gasteiger partial charge in [-0.25, -0.2) is 0 Å². The van der Waals surface area contributed by atoms with Crippen LogP contribution in [0.15, 0.2) is 97.2 Å². The predicted octanol–water partition coefficient (Wildman–Crippen LogP) is 6.63. The molecule has 138 valence electrons. The summed E-state index contributed by atoms with van der Waals surface area (Å²) in [5.74, 6) is 7.29. The fraction of sp³-hybridized carbons (Fsp3) is 0.115. The van der Waals surface area contributed by atoms with Gasteiger partial charge in [-0.1, -0.05) is 0 Å². The first kappa shape index (κ1) is 18.7. The molecule has 1 heterocycles. The van der Waals surface area contributed by atoms with E-state index in [1.165, 1.54) is 26.6 Å². The van der Waals surface area contributed by atoms with Crippen molar-refractivity contribution < 1.29 is 0 Å². The monoisotopic (exact) mass is 425 g/mol. The third-order valence-electron chi connectivity index (χ3n) is 5.06. The van der Waals surface area contributed by atoms with E-state index in [0.717, 1.165) is 11.3 Å². The molecule has 4 rings (SSSR count). The third-order valence-corrected chi connectivity index (χ3v) is 9.29. The van der Waals surface area contributed by atoms with Crippen molar-refractivity contribution in [2.45, 2.75) is 17.3 Å². The molecular weight excluding hydrogens is 399 g/mol. The van der Waals surface area contributed by atoms with E-state index in [1.807, 2.05) is 0 Å². The molecule has 0 bridgehead atoms. The Morgan fingerprint density at radius 2 is 1.14 bits per heavy atom. The van der Waals surface area contributed by atoms with Crippen LogP contribution in [0.2, 0.25) is 17.3 Å². The van der Waals surface area contributed by atoms with Crippen molar-refractivity contribution in [3.8, 4) is 33.5 Å². The van der Waals surface area contributed by atoms with Crippen molar-refractivity contribution in [3.05, 3.63) is 97.2 Å². The summed E-state index contributed by atoms with van der Waals surface area (Å²) in [4.78, 5) is 4.88. The zero-order valence-electron chi connectivity index (χ0n) is 16.7. The minimum absolute atomic E-state index is 1.03. The quantitative estimate of drug-likeness (QED) is 0.336. The average molecular weight is 424 g/mol. The molecule has 0 spiro atoms. The maximum atomic E-state index is 4.88. The fourth-order valence-electron chi connectivity index (χ4n) is 3.56. The number of aromatic nitrogens is 1. The Labute approximate surface area is 170 Å². The van der Waals surface area contributed by atoms with Crippen molar-refractivity contribution in [2.24, 2.45) is 0 Å². The summed E-state index contributed by atoms with van der Waals surface area (Å²) in [5.41, 5.74) is 7.26. The molecule has 0 aliphatic carbocycles. The van der Waals surface area contributed by atoms with Crippen molar-refractivity contribution in [1.82, 2.24) is 4.98 Å². The second kappa shape index (κ2) is 7.77. The van der Waals surface area contributed by atoms with Crippen LogP contribution < -0.4 is 4.40 Å². The number of hydrogen-bond donors (Lipinski definition) is 0. The van der Waals surface area contributed by atoms with Gasteiger partial charge >= 0.3 is 171 Å². The Balaban J connectivity index is 1.84. The number of benzene rings is 3. The van der Waals surface area contributed by atoms with Gasteiger partial charge < -0.3 is 0 Å². The Morgan fingerprint density at radius 3 is 1.79 bits per heavy atom. The molecule has 0 fully saturated rings.